The number of hydrogen-bond donors (Lipinski definition) is 1. The second kappa shape index (κ2) is 6.94. The molecule has 0 aromatic heterocycles. The second-order valence-corrected chi connectivity index (χ2v) is 6.43. The molecule has 1 N–H and O–H groups in total. The molecule has 4 rings (SSSR count). The Morgan fingerprint density at radius 3 is 2.22 bits per heavy atom. The van der Waals surface area contributed by atoms with Crippen molar-refractivity contribution >= 4 is 0 Å². The van der Waals surface area contributed by atoms with Crippen molar-refractivity contribution in [2.45, 2.75) is 12.2 Å². The summed E-state index contributed by atoms with van der Waals surface area (Å²) >= 11 is 0. The molecule has 0 radical (unpaired) electrons. The van der Waals surface area contributed by atoms with Crippen molar-refractivity contribution in [2.24, 2.45) is 0 Å². The lowest BCUT2D eigenvalue weighted by Crippen LogP contribution is -2.39. The molecular weight excluding hydrogens is 363 g/mol. The van der Waals surface area contributed by atoms with Gasteiger partial charge in [-0.3, -0.25) is 4.90 Å². The molecule has 2 heterocycles. The van der Waals surface area contributed by atoms with Crippen LogP contribution in [0.3, 0.4) is 0 Å². The monoisotopic (exact) mass is 381 g/mol. The van der Waals surface area contributed by atoms with E-state index in [9.17, 15) is 18.3 Å². The van der Waals surface area contributed by atoms with Crippen LogP contribution >= 0.6 is 0 Å². The summed E-state index contributed by atoms with van der Waals surface area (Å²) in [5, 5.41) is 10.5. The highest BCUT2D eigenvalue weighted by molar-refractivity contribution is 5.54. The van der Waals surface area contributed by atoms with E-state index in [1.54, 1.807) is 6.07 Å². The van der Waals surface area contributed by atoms with Crippen molar-refractivity contribution in [1.82, 2.24) is 4.90 Å². The van der Waals surface area contributed by atoms with E-state index in [0.717, 1.165) is 12.1 Å². The minimum absolute atomic E-state index is 0.00985. The molecule has 0 spiro atoms. The number of alkyl halides is 3. The van der Waals surface area contributed by atoms with E-state index in [0.29, 0.717) is 48.9 Å². The van der Waals surface area contributed by atoms with Crippen molar-refractivity contribution in [1.29, 1.82) is 0 Å². The summed E-state index contributed by atoms with van der Waals surface area (Å²) in [6, 6.07) is 7.77. The third kappa shape index (κ3) is 3.54. The molecule has 1 atom stereocenters. The zero-order valence-corrected chi connectivity index (χ0v) is 14.3. The predicted molar refractivity (Wildman–Crippen MR) is 89.9 cm³/mol. The zero-order valence-electron chi connectivity index (χ0n) is 14.3. The zero-order chi connectivity index (χ0) is 19.0. The first kappa shape index (κ1) is 17.9. The van der Waals surface area contributed by atoms with Gasteiger partial charge in [0.05, 0.1) is 24.8 Å². The fourth-order valence-corrected chi connectivity index (χ4v) is 3.44. The fourth-order valence-electron chi connectivity index (χ4n) is 3.44. The molecule has 2 aliphatic heterocycles. The van der Waals surface area contributed by atoms with Gasteiger partial charge in [0.25, 0.3) is 0 Å². The lowest BCUT2D eigenvalue weighted by atomic mass is 9.94. The second-order valence-electron chi connectivity index (χ2n) is 6.43. The summed E-state index contributed by atoms with van der Waals surface area (Å²) < 4.78 is 54.8. The molecule has 0 saturated carbocycles. The molecule has 1 fully saturated rings. The summed E-state index contributed by atoms with van der Waals surface area (Å²) in [7, 11) is 0. The number of hydrogen-bond acceptors (Lipinski definition) is 5. The molecular formula is C19H18F3NO4. The van der Waals surface area contributed by atoms with Gasteiger partial charge in [0, 0.05) is 24.7 Å². The number of morpholine rings is 1. The van der Waals surface area contributed by atoms with Crippen LogP contribution < -0.4 is 9.47 Å². The molecule has 8 heteroatoms. The number of nitrogens with zero attached hydrogens (tertiary/aromatic N) is 1. The van der Waals surface area contributed by atoms with E-state index in [1.165, 1.54) is 18.2 Å². The lowest BCUT2D eigenvalue weighted by Gasteiger charge is -2.35. The third-order valence-corrected chi connectivity index (χ3v) is 4.78. The number of benzene rings is 2. The Hall–Kier alpha value is -2.45. The highest BCUT2D eigenvalue weighted by Crippen LogP contribution is 2.43. The maximum atomic E-state index is 12.9. The number of rotatable bonds is 3. The Labute approximate surface area is 153 Å². The summed E-state index contributed by atoms with van der Waals surface area (Å²) in [5.74, 6) is 0.966. The quantitative estimate of drug-likeness (QED) is 0.881. The van der Waals surface area contributed by atoms with Crippen LogP contribution in [-0.2, 0) is 10.9 Å². The molecule has 27 heavy (non-hydrogen) atoms. The SMILES string of the molecule is Oc1cc2c(cc1[C@H](c1ccc(C(F)(F)F)cc1)N1CCOCC1)OCO2. The topological polar surface area (TPSA) is 51.2 Å². The Morgan fingerprint density at radius 2 is 1.59 bits per heavy atom. The van der Waals surface area contributed by atoms with E-state index in [4.69, 9.17) is 14.2 Å². The summed E-state index contributed by atoms with van der Waals surface area (Å²) in [4.78, 5) is 2.07. The standard InChI is InChI=1S/C19H18F3NO4/c20-19(21,22)13-3-1-12(2-4-13)18(23-5-7-25-8-6-23)14-9-16-17(10-15(14)24)27-11-26-16/h1-4,9-10,18,24H,5-8,11H2/t18-/m0/s1. The van der Waals surface area contributed by atoms with E-state index in [-0.39, 0.29) is 12.5 Å². The number of aromatic hydroxyl groups is 1. The van der Waals surface area contributed by atoms with Crippen molar-refractivity contribution in [3.8, 4) is 17.2 Å². The number of fused-ring (bicyclic) bond motifs is 1. The van der Waals surface area contributed by atoms with Crippen LogP contribution in [0.15, 0.2) is 36.4 Å². The van der Waals surface area contributed by atoms with Gasteiger partial charge in [-0.1, -0.05) is 12.1 Å². The van der Waals surface area contributed by atoms with Crippen molar-refractivity contribution < 1.29 is 32.5 Å². The Bertz CT molecular complexity index is 817. The van der Waals surface area contributed by atoms with Gasteiger partial charge in [-0.05, 0) is 23.8 Å². The molecule has 0 aliphatic carbocycles. The first-order chi connectivity index (χ1) is 12.9. The normalized spacial score (nSPS) is 18.5. The maximum absolute atomic E-state index is 12.9. The van der Waals surface area contributed by atoms with Crippen LogP contribution in [0.25, 0.3) is 0 Å². The van der Waals surface area contributed by atoms with Gasteiger partial charge < -0.3 is 19.3 Å². The minimum atomic E-state index is -4.39. The first-order valence-corrected chi connectivity index (χ1v) is 8.55. The molecule has 5 nitrogen and oxygen atoms in total. The lowest BCUT2D eigenvalue weighted by molar-refractivity contribution is -0.137. The highest BCUT2D eigenvalue weighted by Gasteiger charge is 2.32. The Morgan fingerprint density at radius 1 is 0.963 bits per heavy atom. The van der Waals surface area contributed by atoms with Crippen LogP contribution in [0, 0.1) is 0 Å². The third-order valence-electron chi connectivity index (χ3n) is 4.78. The number of ether oxygens (including phenoxy) is 3. The Balaban J connectivity index is 1.76. The van der Waals surface area contributed by atoms with Gasteiger partial charge in [-0.2, -0.15) is 13.2 Å². The first-order valence-electron chi connectivity index (χ1n) is 8.55. The molecule has 0 amide bonds. The van der Waals surface area contributed by atoms with Gasteiger partial charge >= 0.3 is 6.18 Å². The summed E-state index contributed by atoms with van der Waals surface area (Å²) in [6.07, 6.45) is -4.39. The molecule has 2 aromatic rings. The van der Waals surface area contributed by atoms with Gasteiger partial charge in [0.2, 0.25) is 6.79 Å². The van der Waals surface area contributed by atoms with E-state index >= 15 is 0 Å². The average Bonchev–Trinajstić information content (AvgIpc) is 3.10. The molecule has 2 aromatic carbocycles. The molecule has 0 bridgehead atoms. The summed E-state index contributed by atoms with van der Waals surface area (Å²) in [5.41, 5.74) is 0.502. The average molecular weight is 381 g/mol. The summed E-state index contributed by atoms with van der Waals surface area (Å²) in [6.45, 7) is 2.30. The van der Waals surface area contributed by atoms with Gasteiger partial charge in [-0.25, -0.2) is 0 Å². The molecule has 144 valence electrons. The maximum Gasteiger partial charge on any atom is 0.416 e. The predicted octanol–water partition coefficient (Wildman–Crippen LogP) is 3.56. The number of halogens is 3. The number of phenols is 1. The van der Waals surface area contributed by atoms with Gasteiger partial charge in [-0.15, -0.1) is 0 Å². The van der Waals surface area contributed by atoms with E-state index < -0.39 is 17.8 Å². The smallest absolute Gasteiger partial charge is 0.416 e. The molecule has 1 saturated heterocycles. The van der Waals surface area contributed by atoms with E-state index in [1.807, 2.05) is 0 Å². The van der Waals surface area contributed by atoms with Crippen molar-refractivity contribution in [3.05, 3.63) is 53.1 Å². The van der Waals surface area contributed by atoms with Crippen LogP contribution in [0.5, 0.6) is 17.2 Å². The van der Waals surface area contributed by atoms with Crippen LogP contribution in [-0.4, -0.2) is 43.1 Å². The van der Waals surface area contributed by atoms with Gasteiger partial charge in [0.15, 0.2) is 11.5 Å². The van der Waals surface area contributed by atoms with Crippen LogP contribution in [0.4, 0.5) is 13.2 Å². The number of phenolic OH excluding ortho intramolecular Hbond substituents is 1. The van der Waals surface area contributed by atoms with E-state index in [2.05, 4.69) is 4.90 Å². The largest absolute Gasteiger partial charge is 0.507 e. The van der Waals surface area contributed by atoms with Crippen LogP contribution in [0.2, 0.25) is 0 Å². The highest BCUT2D eigenvalue weighted by atomic mass is 19.4. The molecule has 2 aliphatic rings. The van der Waals surface area contributed by atoms with Crippen molar-refractivity contribution in [3.63, 3.8) is 0 Å². The Kier molecular flexibility index (Phi) is 4.61. The van der Waals surface area contributed by atoms with Crippen molar-refractivity contribution in [2.75, 3.05) is 33.1 Å². The fraction of sp³-hybridized carbons (Fsp3) is 0.368. The molecule has 0 unspecified atom stereocenters. The minimum Gasteiger partial charge on any atom is -0.507 e. The van der Waals surface area contributed by atoms with Gasteiger partial charge in [0.1, 0.15) is 5.75 Å². The van der Waals surface area contributed by atoms with Crippen LogP contribution in [0.1, 0.15) is 22.7 Å².